The summed E-state index contributed by atoms with van der Waals surface area (Å²) in [7, 11) is -2.85. The summed E-state index contributed by atoms with van der Waals surface area (Å²) in [5.74, 6) is -0.872. The summed E-state index contributed by atoms with van der Waals surface area (Å²) in [4.78, 5) is 12.0. The Morgan fingerprint density at radius 3 is 2.38 bits per heavy atom. The largest absolute Gasteiger partial charge is 0.496 e. The number of hydrogen-bond donors (Lipinski definition) is 2. The van der Waals surface area contributed by atoms with Crippen molar-refractivity contribution >= 4 is 33.2 Å². The molecule has 2 aromatic carbocycles. The molecule has 6 nitrogen and oxygen atoms in total. The molecule has 140 valence electrons. The van der Waals surface area contributed by atoms with E-state index < -0.39 is 32.7 Å². The highest BCUT2D eigenvalue weighted by Crippen LogP contribution is 2.36. The van der Waals surface area contributed by atoms with E-state index in [9.17, 15) is 26.4 Å². The molecule has 0 spiro atoms. The maximum atomic E-state index is 12.9. The van der Waals surface area contributed by atoms with E-state index in [1.165, 1.54) is 19.2 Å². The average Bonchev–Trinajstić information content (AvgIpc) is 2.54. The van der Waals surface area contributed by atoms with Crippen LogP contribution in [-0.4, -0.2) is 21.4 Å². The van der Waals surface area contributed by atoms with Crippen molar-refractivity contribution in [1.29, 1.82) is 0 Å². The molecule has 26 heavy (non-hydrogen) atoms. The van der Waals surface area contributed by atoms with Crippen molar-refractivity contribution in [3.8, 4) is 5.75 Å². The van der Waals surface area contributed by atoms with Crippen LogP contribution in [0.3, 0.4) is 0 Å². The van der Waals surface area contributed by atoms with Crippen LogP contribution in [0.15, 0.2) is 41.3 Å². The highest BCUT2D eigenvalue weighted by atomic mass is 35.5. The maximum absolute atomic E-state index is 12.9. The number of anilines is 1. The molecule has 1 amide bonds. The fourth-order valence-electron chi connectivity index (χ4n) is 2.06. The van der Waals surface area contributed by atoms with Gasteiger partial charge in [-0.15, -0.1) is 0 Å². The van der Waals surface area contributed by atoms with E-state index in [1.807, 2.05) is 0 Å². The van der Waals surface area contributed by atoms with Crippen molar-refractivity contribution in [2.75, 3.05) is 12.4 Å². The minimum absolute atomic E-state index is 0.0138. The fourth-order valence-corrected chi connectivity index (χ4v) is 2.82. The lowest BCUT2D eigenvalue weighted by Gasteiger charge is -2.13. The maximum Gasteiger partial charge on any atom is 0.417 e. The number of carbonyl (C=O) groups excluding carboxylic acids is 1. The molecule has 0 saturated carbocycles. The van der Waals surface area contributed by atoms with Crippen LogP contribution in [0, 0.1) is 0 Å². The minimum Gasteiger partial charge on any atom is -0.496 e. The van der Waals surface area contributed by atoms with E-state index in [1.54, 1.807) is 0 Å². The second-order valence-electron chi connectivity index (χ2n) is 5.05. The van der Waals surface area contributed by atoms with Gasteiger partial charge in [0, 0.05) is 5.69 Å². The molecule has 0 heterocycles. The number of methoxy groups -OCH3 is 1. The molecule has 0 atom stereocenters. The molecule has 0 bridgehead atoms. The molecule has 0 saturated heterocycles. The Hall–Kier alpha value is -2.30. The topological polar surface area (TPSA) is 98.5 Å². The summed E-state index contributed by atoms with van der Waals surface area (Å²) >= 11 is 5.52. The monoisotopic (exact) mass is 408 g/mol. The Balaban J connectivity index is 2.42. The van der Waals surface area contributed by atoms with Gasteiger partial charge in [-0.3, -0.25) is 4.79 Å². The Morgan fingerprint density at radius 1 is 1.19 bits per heavy atom. The van der Waals surface area contributed by atoms with Crippen LogP contribution >= 0.6 is 11.6 Å². The summed E-state index contributed by atoms with van der Waals surface area (Å²) in [6.07, 6.45) is -4.71. The van der Waals surface area contributed by atoms with Crippen molar-refractivity contribution in [3.63, 3.8) is 0 Å². The second-order valence-corrected chi connectivity index (χ2v) is 7.02. The first-order valence-electron chi connectivity index (χ1n) is 6.82. The van der Waals surface area contributed by atoms with Gasteiger partial charge in [0.05, 0.1) is 28.2 Å². The molecular weight excluding hydrogens is 397 g/mol. The third kappa shape index (κ3) is 4.45. The number of amides is 1. The lowest BCUT2D eigenvalue weighted by Crippen LogP contribution is -2.17. The SMILES string of the molecule is COc1ccc(S(N)(=O)=O)cc1C(=O)Nc1ccc(Cl)c(C(F)(F)F)c1. The van der Waals surface area contributed by atoms with E-state index in [0.717, 1.165) is 18.2 Å². The van der Waals surface area contributed by atoms with Gasteiger partial charge in [-0.2, -0.15) is 13.2 Å². The van der Waals surface area contributed by atoms with Gasteiger partial charge in [0.25, 0.3) is 5.91 Å². The first-order valence-corrected chi connectivity index (χ1v) is 8.75. The number of nitrogens with one attached hydrogen (secondary N) is 1. The first-order chi connectivity index (χ1) is 11.9. The Kier molecular flexibility index (Phi) is 5.49. The van der Waals surface area contributed by atoms with Gasteiger partial charge in [0.1, 0.15) is 5.75 Å². The minimum atomic E-state index is -4.71. The van der Waals surface area contributed by atoms with E-state index in [4.69, 9.17) is 21.5 Å². The molecule has 2 aromatic rings. The van der Waals surface area contributed by atoms with Crippen LogP contribution in [0.25, 0.3) is 0 Å². The summed E-state index contributed by atoms with van der Waals surface area (Å²) in [5.41, 5.74) is -1.53. The predicted octanol–water partition coefficient (Wildman–Crippen LogP) is 3.27. The van der Waals surface area contributed by atoms with Crippen LogP contribution in [0.2, 0.25) is 5.02 Å². The van der Waals surface area contributed by atoms with Crippen molar-refractivity contribution in [3.05, 3.63) is 52.5 Å². The van der Waals surface area contributed by atoms with Gasteiger partial charge in [-0.25, -0.2) is 13.6 Å². The van der Waals surface area contributed by atoms with E-state index in [-0.39, 0.29) is 21.9 Å². The number of primary sulfonamides is 1. The number of halogens is 4. The summed E-state index contributed by atoms with van der Waals surface area (Å²) in [6, 6.07) is 6.12. The normalized spacial score (nSPS) is 11.9. The number of alkyl halides is 3. The molecule has 0 aromatic heterocycles. The molecular formula is C15H12ClF3N2O4S. The number of hydrogen-bond acceptors (Lipinski definition) is 4. The standard InChI is InChI=1S/C15H12ClF3N2O4S/c1-25-13-5-3-9(26(20,23)24)7-10(13)14(22)21-8-2-4-12(16)11(6-8)15(17,18)19/h2-7H,1H3,(H,21,22)(H2,20,23,24). The van der Waals surface area contributed by atoms with Crippen LogP contribution in [-0.2, 0) is 16.2 Å². The van der Waals surface area contributed by atoms with Crippen LogP contribution in [0.4, 0.5) is 18.9 Å². The third-order valence-corrected chi connectivity index (χ3v) is 4.51. The van der Waals surface area contributed by atoms with Crippen molar-refractivity contribution in [1.82, 2.24) is 0 Å². The van der Waals surface area contributed by atoms with E-state index in [2.05, 4.69) is 5.32 Å². The molecule has 0 aliphatic rings. The molecule has 2 rings (SSSR count). The quantitative estimate of drug-likeness (QED) is 0.811. The van der Waals surface area contributed by atoms with Gasteiger partial charge in [0.2, 0.25) is 10.0 Å². The van der Waals surface area contributed by atoms with Gasteiger partial charge in [0.15, 0.2) is 0 Å². The van der Waals surface area contributed by atoms with Gasteiger partial charge in [-0.1, -0.05) is 11.6 Å². The third-order valence-electron chi connectivity index (χ3n) is 3.27. The van der Waals surface area contributed by atoms with Crippen molar-refractivity contribution < 1.29 is 31.1 Å². The molecule has 0 radical (unpaired) electrons. The average molecular weight is 409 g/mol. The number of rotatable bonds is 4. The predicted molar refractivity (Wildman–Crippen MR) is 88.8 cm³/mol. The highest BCUT2D eigenvalue weighted by Gasteiger charge is 2.33. The molecule has 11 heteroatoms. The van der Waals surface area contributed by atoms with Crippen molar-refractivity contribution in [2.24, 2.45) is 5.14 Å². The Bertz CT molecular complexity index is 962. The summed E-state index contributed by atoms with van der Waals surface area (Å²) < 4.78 is 66.5. The summed E-state index contributed by atoms with van der Waals surface area (Å²) in [5, 5.41) is 6.73. The van der Waals surface area contributed by atoms with Crippen LogP contribution < -0.4 is 15.2 Å². The molecule has 0 unspecified atom stereocenters. The van der Waals surface area contributed by atoms with E-state index >= 15 is 0 Å². The molecule has 0 fully saturated rings. The fraction of sp³-hybridized carbons (Fsp3) is 0.133. The van der Waals surface area contributed by atoms with Crippen LogP contribution in [0.5, 0.6) is 5.75 Å². The Labute approximate surface area is 151 Å². The Morgan fingerprint density at radius 2 is 1.85 bits per heavy atom. The first kappa shape index (κ1) is 20.0. The van der Waals surface area contributed by atoms with E-state index in [0.29, 0.717) is 6.07 Å². The van der Waals surface area contributed by atoms with Gasteiger partial charge in [-0.05, 0) is 36.4 Å². The number of sulfonamides is 1. The van der Waals surface area contributed by atoms with Gasteiger partial charge >= 0.3 is 6.18 Å². The lowest BCUT2D eigenvalue weighted by atomic mass is 10.1. The summed E-state index contributed by atoms with van der Waals surface area (Å²) in [6.45, 7) is 0. The smallest absolute Gasteiger partial charge is 0.417 e. The number of carbonyl (C=O) groups is 1. The number of benzene rings is 2. The van der Waals surface area contributed by atoms with Crippen molar-refractivity contribution in [2.45, 2.75) is 11.1 Å². The lowest BCUT2D eigenvalue weighted by molar-refractivity contribution is -0.137. The zero-order chi connectivity index (χ0) is 19.7. The number of nitrogens with two attached hydrogens (primary N) is 1. The zero-order valence-corrected chi connectivity index (χ0v) is 14.7. The zero-order valence-electron chi connectivity index (χ0n) is 13.1. The molecule has 3 N–H and O–H groups in total. The number of ether oxygens (including phenoxy) is 1. The molecule has 0 aliphatic heterocycles. The second kappa shape index (κ2) is 7.14. The molecule has 0 aliphatic carbocycles. The highest BCUT2D eigenvalue weighted by molar-refractivity contribution is 7.89. The van der Waals surface area contributed by atoms with Gasteiger partial charge < -0.3 is 10.1 Å². The van der Waals surface area contributed by atoms with Crippen LogP contribution in [0.1, 0.15) is 15.9 Å².